The molecule has 0 saturated carbocycles. The summed E-state index contributed by atoms with van der Waals surface area (Å²) in [5.74, 6) is 0. The first-order chi connectivity index (χ1) is 12.3. The molecule has 3 fully saturated rings. The monoisotopic (exact) mass is 394 g/mol. The Labute approximate surface area is 172 Å². The molecule has 3 aliphatic heterocycles. The maximum absolute atomic E-state index is 6.38. The van der Waals surface area contributed by atoms with Crippen molar-refractivity contribution in [3.8, 4) is 0 Å². The molecule has 28 heavy (non-hydrogen) atoms. The van der Waals surface area contributed by atoms with E-state index in [0.29, 0.717) is 0 Å². The van der Waals surface area contributed by atoms with Crippen LogP contribution in [0.2, 0.25) is 5.62 Å². The van der Waals surface area contributed by atoms with E-state index in [1.807, 2.05) is 83.1 Å². The minimum atomic E-state index is -0.575. The van der Waals surface area contributed by atoms with Gasteiger partial charge in [-0.15, -0.1) is 0 Å². The lowest BCUT2D eigenvalue weighted by atomic mass is 9.36. The predicted octanol–water partition coefficient (Wildman–Crippen LogP) is 3.71. The molecule has 0 aromatic carbocycles. The molecule has 3 aliphatic rings. The van der Waals surface area contributed by atoms with Crippen LogP contribution in [0.3, 0.4) is 0 Å². The first-order valence-corrected chi connectivity index (χ1v) is 10.4. The Morgan fingerprint density at radius 2 is 0.500 bits per heavy atom. The van der Waals surface area contributed by atoms with Gasteiger partial charge < -0.3 is 27.9 Å². The Bertz CT molecular complexity index is 498. The van der Waals surface area contributed by atoms with E-state index in [0.717, 1.165) is 0 Å². The summed E-state index contributed by atoms with van der Waals surface area (Å²) in [4.78, 5) is 0. The molecule has 6 nitrogen and oxygen atoms in total. The zero-order valence-electron chi connectivity index (χ0n) is 19.8. The van der Waals surface area contributed by atoms with E-state index in [1.165, 1.54) is 0 Å². The van der Waals surface area contributed by atoms with Gasteiger partial charge in [-0.05, 0) is 83.1 Å². The standard InChI is InChI=1S/C19H37B3O6/c1-14(2)15(3,4)24-20(23-14)13(21-25-16(5,6)17(7,8)26-21)22-27-18(9,10)19(11,12)28-22/h13H,1-12H3. The summed E-state index contributed by atoms with van der Waals surface area (Å²) in [6.07, 6.45) is 0. The van der Waals surface area contributed by atoms with Crippen molar-refractivity contribution in [2.45, 2.75) is 122 Å². The van der Waals surface area contributed by atoms with Crippen LogP contribution in [0, 0.1) is 0 Å². The number of hydrogen-bond donors (Lipinski definition) is 0. The molecule has 0 radical (unpaired) electrons. The van der Waals surface area contributed by atoms with Crippen LogP contribution in [0.5, 0.6) is 0 Å². The van der Waals surface area contributed by atoms with E-state index in [-0.39, 0.29) is 0 Å². The average Bonchev–Trinajstić information content (AvgIpc) is 2.85. The van der Waals surface area contributed by atoms with Crippen molar-refractivity contribution in [1.82, 2.24) is 0 Å². The maximum atomic E-state index is 6.38. The third-order valence-electron chi connectivity index (χ3n) is 7.76. The van der Waals surface area contributed by atoms with Crippen LogP contribution in [-0.4, -0.2) is 55.0 Å². The van der Waals surface area contributed by atoms with Crippen LogP contribution in [0.4, 0.5) is 0 Å². The fraction of sp³-hybridized carbons (Fsp3) is 1.00. The van der Waals surface area contributed by atoms with Crippen LogP contribution < -0.4 is 0 Å². The number of rotatable bonds is 3. The van der Waals surface area contributed by atoms with Crippen LogP contribution in [0.25, 0.3) is 0 Å². The van der Waals surface area contributed by atoms with Crippen LogP contribution >= 0.6 is 0 Å². The van der Waals surface area contributed by atoms with Crippen molar-refractivity contribution in [2.24, 2.45) is 0 Å². The lowest BCUT2D eigenvalue weighted by Crippen LogP contribution is -2.48. The van der Waals surface area contributed by atoms with Gasteiger partial charge in [-0.3, -0.25) is 0 Å². The summed E-state index contributed by atoms with van der Waals surface area (Å²) >= 11 is 0. The smallest absolute Gasteiger partial charge is 0.404 e. The Hall–Kier alpha value is -0.0452. The molecule has 0 aliphatic carbocycles. The van der Waals surface area contributed by atoms with E-state index in [2.05, 4.69) is 0 Å². The largest absolute Gasteiger partial charge is 0.456 e. The Morgan fingerprint density at radius 3 is 0.643 bits per heavy atom. The summed E-state index contributed by atoms with van der Waals surface area (Å²) < 4.78 is 38.3. The van der Waals surface area contributed by atoms with Crippen molar-refractivity contribution in [3.63, 3.8) is 0 Å². The second kappa shape index (κ2) is 6.24. The maximum Gasteiger partial charge on any atom is 0.456 e. The molecule has 0 spiro atoms. The highest BCUT2D eigenvalue weighted by atomic mass is 16.7. The molecule has 0 aromatic heterocycles. The van der Waals surface area contributed by atoms with Crippen LogP contribution in [0.1, 0.15) is 83.1 Å². The highest BCUT2D eigenvalue weighted by Gasteiger charge is 2.68. The molecule has 3 saturated heterocycles. The fourth-order valence-corrected chi connectivity index (χ4v) is 3.52. The van der Waals surface area contributed by atoms with Gasteiger partial charge in [-0.1, -0.05) is 0 Å². The minimum Gasteiger partial charge on any atom is -0.404 e. The topological polar surface area (TPSA) is 55.4 Å². The Morgan fingerprint density at radius 1 is 0.357 bits per heavy atom. The van der Waals surface area contributed by atoms with E-state index in [1.54, 1.807) is 0 Å². The predicted molar refractivity (Wildman–Crippen MR) is 112 cm³/mol. The third-order valence-corrected chi connectivity index (χ3v) is 7.76. The summed E-state index contributed by atoms with van der Waals surface area (Å²) in [6.45, 7) is 24.5. The summed E-state index contributed by atoms with van der Waals surface area (Å²) in [5, 5.41) is 0. The molecule has 0 N–H and O–H groups in total. The lowest BCUT2D eigenvalue weighted by Gasteiger charge is -2.32. The van der Waals surface area contributed by atoms with Gasteiger partial charge in [0.2, 0.25) is 0 Å². The molecule has 0 unspecified atom stereocenters. The molecule has 3 rings (SSSR count). The van der Waals surface area contributed by atoms with Gasteiger partial charge >= 0.3 is 21.4 Å². The van der Waals surface area contributed by atoms with Crippen LogP contribution in [0.15, 0.2) is 0 Å². The summed E-state index contributed by atoms with van der Waals surface area (Å²) in [6, 6.07) is 0. The van der Waals surface area contributed by atoms with Gasteiger partial charge in [0.1, 0.15) is 0 Å². The van der Waals surface area contributed by atoms with Gasteiger partial charge in [0.25, 0.3) is 0 Å². The van der Waals surface area contributed by atoms with Gasteiger partial charge in [0.05, 0.1) is 39.2 Å². The molecule has 158 valence electrons. The first kappa shape index (κ1) is 22.6. The van der Waals surface area contributed by atoms with E-state index in [9.17, 15) is 0 Å². The summed E-state index contributed by atoms with van der Waals surface area (Å²) in [7, 11) is -1.72. The third kappa shape index (κ3) is 3.40. The van der Waals surface area contributed by atoms with Gasteiger partial charge in [0, 0.05) is 0 Å². The van der Waals surface area contributed by atoms with Gasteiger partial charge in [-0.25, -0.2) is 0 Å². The highest BCUT2D eigenvalue weighted by Crippen LogP contribution is 2.49. The molecule has 9 heteroatoms. The van der Waals surface area contributed by atoms with Crippen molar-refractivity contribution < 1.29 is 27.9 Å². The lowest BCUT2D eigenvalue weighted by molar-refractivity contribution is 0.00578. The zero-order valence-corrected chi connectivity index (χ0v) is 19.8. The quantitative estimate of drug-likeness (QED) is 0.681. The second-order valence-electron chi connectivity index (χ2n) is 11.5. The van der Waals surface area contributed by atoms with Crippen LogP contribution in [-0.2, 0) is 27.9 Å². The molecule has 0 atom stereocenters. The molecular weight excluding hydrogens is 357 g/mol. The van der Waals surface area contributed by atoms with Crippen molar-refractivity contribution in [3.05, 3.63) is 0 Å². The van der Waals surface area contributed by atoms with E-state index >= 15 is 0 Å². The Balaban J connectivity index is 1.95. The Kier molecular flexibility index (Phi) is 5.04. The first-order valence-electron chi connectivity index (χ1n) is 10.4. The molecule has 0 aromatic rings. The van der Waals surface area contributed by atoms with Crippen molar-refractivity contribution in [1.29, 1.82) is 0 Å². The normalized spacial score (nSPS) is 31.8. The SMILES string of the molecule is CC1(C)OB(C(B2OC(C)(C)C(C)(C)O2)B2OC(C)(C)C(C)(C)O2)OC1(C)C. The number of hydrogen-bond acceptors (Lipinski definition) is 6. The zero-order chi connectivity index (χ0) is 21.6. The molecule has 0 bridgehead atoms. The van der Waals surface area contributed by atoms with Gasteiger partial charge in [-0.2, -0.15) is 0 Å². The van der Waals surface area contributed by atoms with Crippen molar-refractivity contribution in [2.75, 3.05) is 0 Å². The fourth-order valence-electron chi connectivity index (χ4n) is 3.52. The van der Waals surface area contributed by atoms with E-state index in [4.69, 9.17) is 27.9 Å². The second-order valence-corrected chi connectivity index (χ2v) is 11.5. The van der Waals surface area contributed by atoms with Gasteiger partial charge in [0.15, 0.2) is 0 Å². The molecule has 3 heterocycles. The average molecular weight is 394 g/mol. The van der Waals surface area contributed by atoms with E-state index < -0.39 is 60.6 Å². The molecule has 0 amide bonds. The summed E-state index contributed by atoms with van der Waals surface area (Å²) in [5.41, 5.74) is -3.21. The molecular formula is C19H37B3O6. The minimum absolute atomic E-state index is 0.400. The van der Waals surface area contributed by atoms with Crippen molar-refractivity contribution >= 4 is 21.4 Å². The highest BCUT2D eigenvalue weighted by molar-refractivity contribution is 6.85.